The number of unbranched alkanes of at least 4 members (excludes halogenated alkanes) is 5. The highest BCUT2D eigenvalue weighted by Crippen LogP contribution is 2.38. The summed E-state index contributed by atoms with van der Waals surface area (Å²) >= 11 is 3.65. The van der Waals surface area contributed by atoms with Gasteiger partial charge in [-0.3, -0.25) is 4.68 Å². The van der Waals surface area contributed by atoms with Crippen molar-refractivity contribution in [3.8, 4) is 0 Å². The normalized spacial score (nSPS) is 14.4. The molecule has 0 aliphatic rings. The molecule has 0 N–H and O–H groups in total. The molecule has 0 spiro atoms. The third-order valence-corrected chi connectivity index (χ3v) is 4.93. The van der Waals surface area contributed by atoms with E-state index in [4.69, 9.17) is 0 Å². The van der Waals surface area contributed by atoms with Gasteiger partial charge < -0.3 is 0 Å². The molecular formula is C17H31BrN2. The Morgan fingerprint density at radius 1 is 1.05 bits per heavy atom. The third-order valence-electron chi connectivity index (χ3n) is 4.35. The summed E-state index contributed by atoms with van der Waals surface area (Å²) < 4.78 is 2.97. The lowest BCUT2D eigenvalue weighted by molar-refractivity contribution is 0.364. The van der Waals surface area contributed by atoms with Crippen LogP contribution in [0.25, 0.3) is 0 Å². The van der Waals surface area contributed by atoms with Gasteiger partial charge in [0.1, 0.15) is 4.60 Å². The molecule has 0 fully saturated rings. The lowest BCUT2D eigenvalue weighted by Crippen LogP contribution is -2.22. The molecule has 0 radical (unpaired) electrons. The van der Waals surface area contributed by atoms with Crippen molar-refractivity contribution in [1.82, 2.24) is 9.78 Å². The third kappa shape index (κ3) is 5.23. The molecule has 1 aromatic heterocycles. The van der Waals surface area contributed by atoms with Crippen LogP contribution in [0.5, 0.6) is 0 Å². The molecule has 116 valence electrons. The van der Waals surface area contributed by atoms with Crippen LogP contribution >= 0.6 is 15.9 Å². The van der Waals surface area contributed by atoms with Gasteiger partial charge in [-0.25, -0.2) is 0 Å². The van der Waals surface area contributed by atoms with Crippen molar-refractivity contribution in [3.63, 3.8) is 0 Å². The minimum atomic E-state index is 0.274. The van der Waals surface area contributed by atoms with Gasteiger partial charge in [0, 0.05) is 18.8 Å². The molecule has 20 heavy (non-hydrogen) atoms. The molecule has 0 amide bonds. The highest BCUT2D eigenvalue weighted by molar-refractivity contribution is 9.10. The maximum Gasteiger partial charge on any atom is 0.131 e. The van der Waals surface area contributed by atoms with E-state index in [1.54, 1.807) is 0 Å². The number of aromatic nitrogens is 2. The van der Waals surface area contributed by atoms with Crippen LogP contribution < -0.4 is 0 Å². The molecule has 0 bridgehead atoms. The monoisotopic (exact) mass is 342 g/mol. The molecule has 1 unspecified atom stereocenters. The first kappa shape index (κ1) is 17.7. The van der Waals surface area contributed by atoms with E-state index in [-0.39, 0.29) is 5.41 Å². The molecule has 0 aromatic carbocycles. The quantitative estimate of drug-likeness (QED) is 0.477. The van der Waals surface area contributed by atoms with E-state index >= 15 is 0 Å². The van der Waals surface area contributed by atoms with Crippen molar-refractivity contribution in [3.05, 3.63) is 16.4 Å². The van der Waals surface area contributed by atoms with E-state index < -0.39 is 0 Å². The summed E-state index contributed by atoms with van der Waals surface area (Å²) in [6.45, 7) is 6.98. The lowest BCUT2D eigenvalue weighted by Gasteiger charge is -2.29. The van der Waals surface area contributed by atoms with Gasteiger partial charge in [0.2, 0.25) is 0 Å². The molecule has 0 saturated heterocycles. The largest absolute Gasteiger partial charge is 0.274 e. The number of nitrogens with zero attached hydrogens (tertiary/aromatic N) is 2. The molecule has 0 aliphatic carbocycles. The summed E-state index contributed by atoms with van der Waals surface area (Å²) in [5.74, 6) is 0. The van der Waals surface area contributed by atoms with E-state index in [2.05, 4.69) is 48.0 Å². The predicted octanol–water partition coefficient (Wildman–Crippen LogP) is 5.99. The summed E-state index contributed by atoms with van der Waals surface area (Å²) in [7, 11) is 2.01. The SMILES string of the molecule is CCCCCCC(C)(CCCCC)c1cn(C)nc1Br. The molecule has 0 saturated carbocycles. The minimum Gasteiger partial charge on any atom is -0.274 e. The van der Waals surface area contributed by atoms with Gasteiger partial charge in [0.15, 0.2) is 0 Å². The van der Waals surface area contributed by atoms with Gasteiger partial charge >= 0.3 is 0 Å². The average Bonchev–Trinajstić information content (AvgIpc) is 2.75. The fourth-order valence-electron chi connectivity index (χ4n) is 2.97. The van der Waals surface area contributed by atoms with Gasteiger partial charge in [-0.05, 0) is 34.2 Å². The number of hydrogen-bond donors (Lipinski definition) is 0. The van der Waals surface area contributed by atoms with Crippen LogP contribution in [0.3, 0.4) is 0 Å². The van der Waals surface area contributed by atoms with Crippen molar-refractivity contribution in [1.29, 1.82) is 0 Å². The second-order valence-corrected chi connectivity index (χ2v) is 7.09. The molecule has 1 heterocycles. The van der Waals surface area contributed by atoms with E-state index in [0.717, 1.165) is 4.60 Å². The predicted molar refractivity (Wildman–Crippen MR) is 91.2 cm³/mol. The molecule has 0 aliphatic heterocycles. The van der Waals surface area contributed by atoms with E-state index in [1.807, 2.05) is 11.7 Å². The zero-order valence-corrected chi connectivity index (χ0v) is 15.3. The van der Waals surface area contributed by atoms with Gasteiger partial charge in [-0.15, -0.1) is 0 Å². The Balaban J connectivity index is 2.74. The van der Waals surface area contributed by atoms with Gasteiger partial charge in [-0.1, -0.05) is 65.7 Å². The Bertz CT molecular complexity index is 386. The minimum absolute atomic E-state index is 0.274. The van der Waals surface area contributed by atoms with Crippen molar-refractivity contribution in [2.24, 2.45) is 7.05 Å². The smallest absolute Gasteiger partial charge is 0.131 e. The first-order chi connectivity index (χ1) is 9.53. The molecule has 3 heteroatoms. The van der Waals surface area contributed by atoms with Crippen LogP contribution in [0.2, 0.25) is 0 Å². The number of halogens is 1. The second kappa shape index (κ2) is 8.86. The van der Waals surface area contributed by atoms with Gasteiger partial charge in [0.05, 0.1) is 0 Å². The maximum atomic E-state index is 4.48. The van der Waals surface area contributed by atoms with Crippen LogP contribution in [-0.2, 0) is 12.5 Å². The molecule has 2 nitrogen and oxygen atoms in total. The summed E-state index contributed by atoms with van der Waals surface area (Å²) in [6, 6.07) is 0. The standard InChI is InChI=1S/C17H31BrN2/c1-5-7-9-11-13-17(3,12-10-8-6-2)15-14-20(4)19-16(15)18/h14H,5-13H2,1-4H3. The molecule has 1 rings (SSSR count). The maximum absolute atomic E-state index is 4.48. The fourth-order valence-corrected chi connectivity index (χ4v) is 3.80. The summed E-state index contributed by atoms with van der Waals surface area (Å²) in [6.07, 6.45) is 14.1. The summed E-state index contributed by atoms with van der Waals surface area (Å²) in [4.78, 5) is 0. The Hall–Kier alpha value is -0.310. The highest BCUT2D eigenvalue weighted by atomic mass is 79.9. The summed E-state index contributed by atoms with van der Waals surface area (Å²) in [5.41, 5.74) is 1.67. The number of rotatable bonds is 10. The molecule has 1 atom stereocenters. The van der Waals surface area contributed by atoms with E-state index in [1.165, 1.54) is 63.4 Å². The van der Waals surface area contributed by atoms with Crippen LogP contribution in [0.15, 0.2) is 10.8 Å². The van der Waals surface area contributed by atoms with Crippen molar-refractivity contribution in [2.75, 3.05) is 0 Å². The highest BCUT2D eigenvalue weighted by Gasteiger charge is 2.29. The van der Waals surface area contributed by atoms with Crippen LogP contribution in [0, 0.1) is 0 Å². The van der Waals surface area contributed by atoms with Crippen molar-refractivity contribution < 1.29 is 0 Å². The van der Waals surface area contributed by atoms with Gasteiger partial charge in [0.25, 0.3) is 0 Å². The Labute approximate surface area is 133 Å². The Morgan fingerprint density at radius 3 is 2.10 bits per heavy atom. The van der Waals surface area contributed by atoms with Gasteiger partial charge in [-0.2, -0.15) is 5.10 Å². The number of aryl methyl sites for hydroxylation is 1. The average molecular weight is 343 g/mol. The van der Waals surface area contributed by atoms with E-state index in [9.17, 15) is 0 Å². The van der Waals surface area contributed by atoms with Crippen LogP contribution in [-0.4, -0.2) is 9.78 Å². The van der Waals surface area contributed by atoms with Crippen LogP contribution in [0.1, 0.15) is 84.1 Å². The zero-order chi connectivity index (χ0) is 15.0. The zero-order valence-electron chi connectivity index (χ0n) is 13.7. The molecule has 1 aromatic rings. The fraction of sp³-hybridized carbons (Fsp3) is 0.824. The number of hydrogen-bond acceptors (Lipinski definition) is 1. The van der Waals surface area contributed by atoms with E-state index in [0.29, 0.717) is 0 Å². The van der Waals surface area contributed by atoms with Crippen molar-refractivity contribution >= 4 is 15.9 Å². The first-order valence-electron chi connectivity index (χ1n) is 8.23. The summed E-state index contributed by atoms with van der Waals surface area (Å²) in [5, 5.41) is 4.48. The first-order valence-corrected chi connectivity index (χ1v) is 9.02. The topological polar surface area (TPSA) is 17.8 Å². The Kier molecular flexibility index (Phi) is 7.86. The van der Waals surface area contributed by atoms with Crippen molar-refractivity contribution in [2.45, 2.75) is 84.0 Å². The lowest BCUT2D eigenvalue weighted by atomic mass is 9.75. The Morgan fingerprint density at radius 2 is 1.60 bits per heavy atom. The molecular weight excluding hydrogens is 312 g/mol. The van der Waals surface area contributed by atoms with Crippen LogP contribution in [0.4, 0.5) is 0 Å². The second-order valence-electron chi connectivity index (χ2n) is 6.34.